The average molecular weight is 266 g/mol. The molecule has 0 aromatic carbocycles. The summed E-state index contributed by atoms with van der Waals surface area (Å²) in [5.41, 5.74) is 0. The van der Waals surface area contributed by atoms with Crippen LogP contribution in [0.25, 0.3) is 0 Å². The van der Waals surface area contributed by atoms with Crippen LogP contribution in [0.3, 0.4) is 0 Å². The van der Waals surface area contributed by atoms with Gasteiger partial charge in [-0.2, -0.15) is 0 Å². The summed E-state index contributed by atoms with van der Waals surface area (Å²) < 4.78 is 11.4. The van der Waals surface area contributed by atoms with Crippen molar-refractivity contribution in [1.82, 2.24) is 0 Å². The minimum absolute atomic E-state index is 0.0421. The molecular formula is C16H26O3. The van der Waals surface area contributed by atoms with E-state index in [1.54, 1.807) is 0 Å². The summed E-state index contributed by atoms with van der Waals surface area (Å²) in [6, 6.07) is 0. The Kier molecular flexibility index (Phi) is 5.90. The normalized spacial score (nSPS) is 26.1. The Hall–Kier alpha value is -0.830. The van der Waals surface area contributed by atoms with Crippen molar-refractivity contribution in [2.24, 2.45) is 5.92 Å². The van der Waals surface area contributed by atoms with Gasteiger partial charge in [-0.1, -0.05) is 19.1 Å². The minimum atomic E-state index is -0.106. The summed E-state index contributed by atoms with van der Waals surface area (Å²) in [5, 5.41) is 0. The van der Waals surface area contributed by atoms with E-state index < -0.39 is 0 Å². The lowest BCUT2D eigenvalue weighted by atomic mass is 9.96. The Morgan fingerprint density at radius 1 is 1.26 bits per heavy atom. The molecule has 0 spiro atoms. The smallest absolute Gasteiger partial charge is 0.312 e. The predicted octanol–water partition coefficient (Wildman–Crippen LogP) is 3.62. The van der Waals surface area contributed by atoms with E-state index in [2.05, 4.69) is 19.1 Å². The van der Waals surface area contributed by atoms with E-state index in [9.17, 15) is 4.79 Å². The number of carbonyl (C=O) groups is 1. The van der Waals surface area contributed by atoms with Crippen LogP contribution >= 0.6 is 0 Å². The van der Waals surface area contributed by atoms with Crippen molar-refractivity contribution < 1.29 is 14.3 Å². The Morgan fingerprint density at radius 3 is 2.68 bits per heavy atom. The van der Waals surface area contributed by atoms with Crippen LogP contribution in [0.1, 0.15) is 58.3 Å². The van der Waals surface area contributed by atoms with Crippen LogP contribution in [-0.4, -0.2) is 24.8 Å². The zero-order valence-corrected chi connectivity index (χ0v) is 12.0. The Bertz CT molecular complexity index is 299. The summed E-state index contributed by atoms with van der Waals surface area (Å²) in [6.45, 7) is 2.89. The predicted molar refractivity (Wildman–Crippen MR) is 74.9 cm³/mol. The number of carbonyl (C=O) groups excluding carboxylic acids is 1. The molecule has 1 aliphatic heterocycles. The molecule has 1 saturated carbocycles. The maximum Gasteiger partial charge on any atom is 0.312 e. The monoisotopic (exact) mass is 266 g/mol. The standard InChI is InChI=1S/C16H26O3/c1-2-3-4-10-14(15-11-7-12-18-15)16(17)19-13-8-5-6-9-13/h3-4,13-15H,2,5-12H2,1H3. The van der Waals surface area contributed by atoms with Crippen LogP contribution in [0.5, 0.6) is 0 Å². The fourth-order valence-electron chi connectivity index (χ4n) is 2.99. The number of hydrogen-bond donors (Lipinski definition) is 0. The molecule has 0 amide bonds. The third-order valence-corrected chi connectivity index (χ3v) is 4.09. The molecule has 0 bridgehead atoms. The molecule has 0 radical (unpaired) electrons. The topological polar surface area (TPSA) is 35.5 Å². The van der Waals surface area contributed by atoms with Gasteiger partial charge in [0.25, 0.3) is 0 Å². The van der Waals surface area contributed by atoms with Crippen LogP contribution in [0.4, 0.5) is 0 Å². The first-order valence-corrected chi connectivity index (χ1v) is 7.78. The van der Waals surface area contributed by atoms with Crippen molar-refractivity contribution in [3.63, 3.8) is 0 Å². The molecule has 1 saturated heterocycles. The van der Waals surface area contributed by atoms with Crippen molar-refractivity contribution >= 4 is 5.97 Å². The average Bonchev–Trinajstić information content (AvgIpc) is 3.07. The highest BCUT2D eigenvalue weighted by atomic mass is 16.5. The van der Waals surface area contributed by atoms with Gasteiger partial charge >= 0.3 is 5.97 Å². The van der Waals surface area contributed by atoms with Gasteiger partial charge in [-0.25, -0.2) is 0 Å². The molecule has 0 aromatic rings. The second-order valence-corrected chi connectivity index (χ2v) is 5.62. The molecule has 3 heteroatoms. The molecular weight excluding hydrogens is 240 g/mol. The SMILES string of the molecule is CCC=CCC(C(=O)OC1CCCC1)C1CCCO1. The highest BCUT2D eigenvalue weighted by Gasteiger charge is 2.33. The van der Waals surface area contributed by atoms with Gasteiger partial charge in [0.05, 0.1) is 12.0 Å². The first kappa shape index (κ1) is 14.6. The van der Waals surface area contributed by atoms with Crippen molar-refractivity contribution in [2.45, 2.75) is 70.5 Å². The number of rotatable bonds is 6. The first-order chi connectivity index (χ1) is 9.31. The molecule has 0 aromatic heterocycles. The minimum Gasteiger partial charge on any atom is -0.462 e. The van der Waals surface area contributed by atoms with Crippen LogP contribution in [0.15, 0.2) is 12.2 Å². The van der Waals surface area contributed by atoms with Crippen LogP contribution in [0.2, 0.25) is 0 Å². The number of esters is 1. The van der Waals surface area contributed by atoms with Crippen molar-refractivity contribution in [3.8, 4) is 0 Å². The number of hydrogen-bond acceptors (Lipinski definition) is 3. The first-order valence-electron chi connectivity index (χ1n) is 7.78. The summed E-state index contributed by atoms with van der Waals surface area (Å²) in [7, 11) is 0. The van der Waals surface area contributed by atoms with Gasteiger partial charge in [0.1, 0.15) is 6.10 Å². The van der Waals surface area contributed by atoms with E-state index >= 15 is 0 Å². The second-order valence-electron chi connectivity index (χ2n) is 5.62. The van der Waals surface area contributed by atoms with Crippen LogP contribution in [-0.2, 0) is 14.3 Å². The Balaban J connectivity index is 1.90. The summed E-state index contributed by atoms with van der Waals surface area (Å²) in [6.07, 6.45) is 12.7. The Labute approximate surface area is 116 Å². The van der Waals surface area contributed by atoms with Crippen molar-refractivity contribution in [2.75, 3.05) is 6.61 Å². The van der Waals surface area contributed by atoms with Gasteiger partial charge in [-0.05, 0) is 51.4 Å². The van der Waals surface area contributed by atoms with Gasteiger partial charge in [0, 0.05) is 6.61 Å². The van der Waals surface area contributed by atoms with E-state index in [1.807, 2.05) is 0 Å². The molecule has 2 aliphatic rings. The van der Waals surface area contributed by atoms with E-state index in [0.29, 0.717) is 0 Å². The summed E-state index contributed by atoms with van der Waals surface area (Å²) >= 11 is 0. The summed E-state index contributed by atoms with van der Waals surface area (Å²) in [4.78, 5) is 12.3. The largest absolute Gasteiger partial charge is 0.462 e. The third kappa shape index (κ3) is 4.34. The number of ether oxygens (including phenoxy) is 2. The fraction of sp³-hybridized carbons (Fsp3) is 0.812. The van der Waals surface area contributed by atoms with E-state index in [-0.39, 0.29) is 24.1 Å². The highest BCUT2D eigenvalue weighted by molar-refractivity contribution is 5.73. The van der Waals surface area contributed by atoms with Gasteiger partial charge < -0.3 is 9.47 Å². The van der Waals surface area contributed by atoms with Gasteiger partial charge in [0.15, 0.2) is 0 Å². The lowest BCUT2D eigenvalue weighted by molar-refractivity contribution is -0.158. The van der Waals surface area contributed by atoms with Crippen LogP contribution < -0.4 is 0 Å². The second kappa shape index (κ2) is 7.68. The zero-order valence-electron chi connectivity index (χ0n) is 12.0. The molecule has 1 aliphatic carbocycles. The maximum atomic E-state index is 12.3. The molecule has 108 valence electrons. The Morgan fingerprint density at radius 2 is 2.05 bits per heavy atom. The fourth-order valence-corrected chi connectivity index (χ4v) is 2.99. The maximum absolute atomic E-state index is 12.3. The molecule has 2 atom stereocenters. The van der Waals surface area contributed by atoms with E-state index in [0.717, 1.165) is 45.1 Å². The molecule has 2 fully saturated rings. The van der Waals surface area contributed by atoms with Gasteiger partial charge in [-0.3, -0.25) is 4.79 Å². The molecule has 3 nitrogen and oxygen atoms in total. The molecule has 2 unspecified atom stereocenters. The quantitative estimate of drug-likeness (QED) is 0.544. The lowest BCUT2D eigenvalue weighted by Crippen LogP contribution is -2.31. The molecule has 2 rings (SSSR count). The van der Waals surface area contributed by atoms with E-state index in [4.69, 9.17) is 9.47 Å². The van der Waals surface area contributed by atoms with Crippen molar-refractivity contribution in [1.29, 1.82) is 0 Å². The van der Waals surface area contributed by atoms with Crippen molar-refractivity contribution in [3.05, 3.63) is 12.2 Å². The summed E-state index contributed by atoms with van der Waals surface area (Å²) in [5.74, 6) is -0.148. The zero-order chi connectivity index (χ0) is 13.5. The lowest BCUT2D eigenvalue weighted by Gasteiger charge is -2.22. The molecule has 0 N–H and O–H groups in total. The van der Waals surface area contributed by atoms with Crippen LogP contribution in [0, 0.1) is 5.92 Å². The van der Waals surface area contributed by atoms with Gasteiger partial charge in [-0.15, -0.1) is 0 Å². The third-order valence-electron chi connectivity index (χ3n) is 4.09. The van der Waals surface area contributed by atoms with E-state index in [1.165, 1.54) is 12.8 Å². The molecule has 19 heavy (non-hydrogen) atoms. The highest BCUT2D eigenvalue weighted by Crippen LogP contribution is 2.28. The number of allylic oxidation sites excluding steroid dienone is 2. The molecule has 1 heterocycles. The van der Waals surface area contributed by atoms with Gasteiger partial charge in [0.2, 0.25) is 0 Å².